The van der Waals surface area contributed by atoms with Gasteiger partial charge in [0.2, 0.25) is 0 Å². The number of anilines is 1. The molecular weight excluding hydrogens is 354 g/mol. The summed E-state index contributed by atoms with van der Waals surface area (Å²) >= 11 is 3.36. The minimum Gasteiger partial charge on any atom is -0.371 e. The SMILES string of the molecule is CN(Cc1ccccc1N1CCCC1)C(=O)c1cncc(Br)c1. The van der Waals surface area contributed by atoms with Gasteiger partial charge in [0.1, 0.15) is 0 Å². The van der Waals surface area contributed by atoms with Crippen molar-refractivity contribution in [3.63, 3.8) is 0 Å². The van der Waals surface area contributed by atoms with Gasteiger partial charge in [0.25, 0.3) is 5.91 Å². The highest BCUT2D eigenvalue weighted by Crippen LogP contribution is 2.25. The molecule has 0 N–H and O–H groups in total. The van der Waals surface area contributed by atoms with Crippen LogP contribution in [0, 0.1) is 0 Å². The maximum Gasteiger partial charge on any atom is 0.255 e. The Morgan fingerprint density at radius 2 is 2.00 bits per heavy atom. The molecule has 4 nitrogen and oxygen atoms in total. The molecule has 0 radical (unpaired) electrons. The first-order valence-corrected chi connectivity index (χ1v) is 8.63. The molecule has 1 aliphatic rings. The average molecular weight is 374 g/mol. The van der Waals surface area contributed by atoms with E-state index in [4.69, 9.17) is 0 Å². The van der Waals surface area contributed by atoms with E-state index in [0.29, 0.717) is 12.1 Å². The Balaban J connectivity index is 1.77. The van der Waals surface area contributed by atoms with Gasteiger partial charge in [-0.05, 0) is 46.5 Å². The summed E-state index contributed by atoms with van der Waals surface area (Å²) in [5.74, 6) is -0.0185. The number of pyridine rings is 1. The summed E-state index contributed by atoms with van der Waals surface area (Å²) in [6.45, 7) is 2.80. The first-order chi connectivity index (χ1) is 11.1. The molecule has 2 aromatic rings. The molecule has 1 aromatic heterocycles. The highest BCUT2D eigenvalue weighted by atomic mass is 79.9. The highest BCUT2D eigenvalue weighted by Gasteiger charge is 2.18. The Hall–Kier alpha value is -1.88. The standard InChI is InChI=1S/C18H20BrN3O/c1-21(18(23)15-10-16(19)12-20-11-15)13-14-6-2-3-7-17(14)22-8-4-5-9-22/h2-3,6-7,10-12H,4-5,8-9,13H2,1H3. The van der Waals surface area contributed by atoms with Crippen LogP contribution in [0.5, 0.6) is 0 Å². The van der Waals surface area contributed by atoms with Crippen LogP contribution >= 0.6 is 15.9 Å². The van der Waals surface area contributed by atoms with E-state index in [-0.39, 0.29) is 5.91 Å². The number of hydrogen-bond acceptors (Lipinski definition) is 3. The van der Waals surface area contributed by atoms with Crippen LogP contribution in [-0.2, 0) is 6.54 Å². The summed E-state index contributed by atoms with van der Waals surface area (Å²) in [7, 11) is 1.84. The average Bonchev–Trinajstić information content (AvgIpc) is 3.09. The van der Waals surface area contributed by atoms with Crippen molar-refractivity contribution in [2.75, 3.05) is 25.0 Å². The molecule has 2 heterocycles. The van der Waals surface area contributed by atoms with Gasteiger partial charge < -0.3 is 9.80 Å². The van der Waals surface area contributed by atoms with E-state index in [1.165, 1.54) is 24.1 Å². The van der Waals surface area contributed by atoms with Crippen molar-refractivity contribution in [2.45, 2.75) is 19.4 Å². The fourth-order valence-corrected chi connectivity index (χ4v) is 3.35. The second-order valence-corrected chi connectivity index (χ2v) is 6.79. The number of benzene rings is 1. The summed E-state index contributed by atoms with van der Waals surface area (Å²) in [6, 6.07) is 10.2. The maximum absolute atomic E-state index is 12.6. The molecule has 0 aliphatic carbocycles. The Bertz CT molecular complexity index is 698. The van der Waals surface area contributed by atoms with Crippen LogP contribution in [0.25, 0.3) is 0 Å². The van der Waals surface area contributed by atoms with Crippen LogP contribution in [0.1, 0.15) is 28.8 Å². The van der Waals surface area contributed by atoms with Crippen LogP contribution in [0.3, 0.4) is 0 Å². The van der Waals surface area contributed by atoms with Crippen molar-refractivity contribution in [2.24, 2.45) is 0 Å². The van der Waals surface area contributed by atoms with Gasteiger partial charge in [-0.3, -0.25) is 9.78 Å². The molecule has 0 unspecified atom stereocenters. The van der Waals surface area contributed by atoms with Gasteiger partial charge in [-0.15, -0.1) is 0 Å². The molecule has 120 valence electrons. The number of amides is 1. The molecule has 1 aromatic carbocycles. The number of carbonyl (C=O) groups excluding carboxylic acids is 1. The minimum atomic E-state index is -0.0185. The maximum atomic E-state index is 12.6. The number of aromatic nitrogens is 1. The van der Waals surface area contributed by atoms with Gasteiger partial charge in [0.15, 0.2) is 0 Å². The molecule has 0 bridgehead atoms. The van der Waals surface area contributed by atoms with Crippen LogP contribution in [-0.4, -0.2) is 35.9 Å². The van der Waals surface area contributed by atoms with Crippen LogP contribution < -0.4 is 4.90 Å². The molecule has 1 saturated heterocycles. The van der Waals surface area contributed by atoms with E-state index >= 15 is 0 Å². The summed E-state index contributed by atoms with van der Waals surface area (Å²) in [5.41, 5.74) is 3.03. The van der Waals surface area contributed by atoms with Crippen LogP contribution in [0.15, 0.2) is 47.2 Å². The number of hydrogen-bond donors (Lipinski definition) is 0. The molecule has 5 heteroatoms. The van der Waals surface area contributed by atoms with E-state index in [0.717, 1.165) is 17.6 Å². The Morgan fingerprint density at radius 1 is 1.26 bits per heavy atom. The number of para-hydroxylation sites is 1. The van der Waals surface area contributed by atoms with E-state index in [1.54, 1.807) is 23.4 Å². The van der Waals surface area contributed by atoms with Gasteiger partial charge >= 0.3 is 0 Å². The molecular formula is C18H20BrN3O. The zero-order valence-electron chi connectivity index (χ0n) is 13.2. The van der Waals surface area contributed by atoms with Crippen LogP contribution in [0.2, 0.25) is 0 Å². The molecule has 1 fully saturated rings. The summed E-state index contributed by atoms with van der Waals surface area (Å²) in [5, 5.41) is 0. The van der Waals surface area contributed by atoms with Crippen LogP contribution in [0.4, 0.5) is 5.69 Å². The predicted molar refractivity (Wildman–Crippen MR) is 95.6 cm³/mol. The van der Waals surface area contributed by atoms with E-state index in [1.807, 2.05) is 13.1 Å². The normalized spacial score (nSPS) is 14.1. The van der Waals surface area contributed by atoms with E-state index in [9.17, 15) is 4.79 Å². The third kappa shape index (κ3) is 3.72. The molecule has 23 heavy (non-hydrogen) atoms. The lowest BCUT2D eigenvalue weighted by atomic mass is 10.1. The fraction of sp³-hybridized carbons (Fsp3) is 0.333. The van der Waals surface area contributed by atoms with Crippen molar-refractivity contribution >= 4 is 27.5 Å². The first-order valence-electron chi connectivity index (χ1n) is 7.84. The lowest BCUT2D eigenvalue weighted by Crippen LogP contribution is -2.28. The molecule has 1 aliphatic heterocycles. The zero-order valence-corrected chi connectivity index (χ0v) is 14.8. The molecule has 0 atom stereocenters. The third-order valence-corrected chi connectivity index (χ3v) is 4.58. The molecule has 3 rings (SSSR count). The Kier molecular flexibility index (Phi) is 4.96. The number of halogens is 1. The van der Waals surface area contributed by atoms with Gasteiger partial charge in [0.05, 0.1) is 5.56 Å². The van der Waals surface area contributed by atoms with Gasteiger partial charge in [-0.25, -0.2) is 0 Å². The second-order valence-electron chi connectivity index (χ2n) is 5.88. The largest absolute Gasteiger partial charge is 0.371 e. The molecule has 0 spiro atoms. The lowest BCUT2D eigenvalue weighted by molar-refractivity contribution is 0.0785. The highest BCUT2D eigenvalue weighted by molar-refractivity contribution is 9.10. The monoisotopic (exact) mass is 373 g/mol. The van der Waals surface area contributed by atoms with E-state index in [2.05, 4.69) is 44.0 Å². The summed E-state index contributed by atoms with van der Waals surface area (Å²) < 4.78 is 0.814. The number of carbonyl (C=O) groups is 1. The zero-order chi connectivity index (χ0) is 16.2. The summed E-state index contributed by atoms with van der Waals surface area (Å²) in [4.78, 5) is 20.8. The fourth-order valence-electron chi connectivity index (χ4n) is 2.99. The first kappa shape index (κ1) is 16.0. The van der Waals surface area contributed by atoms with Gasteiger partial charge in [0, 0.05) is 49.2 Å². The Labute approximate surface area is 145 Å². The topological polar surface area (TPSA) is 36.4 Å². The predicted octanol–water partition coefficient (Wildman–Crippen LogP) is 3.72. The molecule has 1 amide bonds. The van der Waals surface area contributed by atoms with Crippen molar-refractivity contribution < 1.29 is 4.79 Å². The van der Waals surface area contributed by atoms with Gasteiger partial charge in [-0.2, -0.15) is 0 Å². The summed E-state index contributed by atoms with van der Waals surface area (Å²) in [6.07, 6.45) is 5.77. The number of nitrogens with zero attached hydrogens (tertiary/aromatic N) is 3. The second kappa shape index (κ2) is 7.13. The van der Waals surface area contributed by atoms with Crippen molar-refractivity contribution in [3.05, 3.63) is 58.3 Å². The molecule has 0 saturated carbocycles. The van der Waals surface area contributed by atoms with Crippen molar-refractivity contribution in [1.29, 1.82) is 0 Å². The lowest BCUT2D eigenvalue weighted by Gasteiger charge is -2.24. The smallest absolute Gasteiger partial charge is 0.255 e. The Morgan fingerprint density at radius 3 is 2.74 bits per heavy atom. The van der Waals surface area contributed by atoms with Gasteiger partial charge in [-0.1, -0.05) is 18.2 Å². The quantitative estimate of drug-likeness (QED) is 0.819. The van der Waals surface area contributed by atoms with E-state index < -0.39 is 0 Å². The minimum absolute atomic E-state index is 0.0185. The number of rotatable bonds is 4. The van der Waals surface area contributed by atoms with Crippen molar-refractivity contribution in [3.8, 4) is 0 Å². The van der Waals surface area contributed by atoms with Crippen molar-refractivity contribution in [1.82, 2.24) is 9.88 Å². The third-order valence-electron chi connectivity index (χ3n) is 4.14.